The monoisotopic (exact) mass is 447 g/mol. The predicted molar refractivity (Wildman–Crippen MR) is 134 cm³/mol. The summed E-state index contributed by atoms with van der Waals surface area (Å²) in [6, 6.07) is 28.6. The van der Waals surface area contributed by atoms with E-state index in [1.54, 1.807) is 18.2 Å². The summed E-state index contributed by atoms with van der Waals surface area (Å²) in [5, 5.41) is 15.4. The van der Waals surface area contributed by atoms with Gasteiger partial charge in [-0.25, -0.2) is 4.79 Å². The molecule has 0 aliphatic heterocycles. The van der Waals surface area contributed by atoms with E-state index in [0.29, 0.717) is 16.9 Å². The molecule has 0 heterocycles. The Kier molecular flexibility index (Phi) is 6.57. The van der Waals surface area contributed by atoms with Crippen molar-refractivity contribution >= 4 is 34.6 Å². The second kappa shape index (κ2) is 10.1. The maximum atomic E-state index is 13.2. The van der Waals surface area contributed by atoms with E-state index in [-0.39, 0.29) is 11.3 Å². The lowest BCUT2D eigenvalue weighted by Crippen LogP contribution is -2.16. The number of carboxylic acid groups (broad SMARTS) is 1. The number of hydrogen-bond donors (Lipinski definition) is 4. The first-order valence-corrected chi connectivity index (χ1v) is 10.5. The number of anilines is 4. The lowest BCUT2D eigenvalue weighted by atomic mass is 10.1. The molecule has 0 aliphatic carbocycles. The normalized spacial score (nSPS) is 10.0. The first-order valence-electron chi connectivity index (χ1n) is 10.5. The number of nitrogens with one attached hydrogen (secondary N) is 2. The summed E-state index contributed by atoms with van der Waals surface area (Å²) in [6.07, 6.45) is 0. The van der Waals surface area contributed by atoms with Crippen molar-refractivity contribution in [3.05, 3.63) is 119 Å². The largest absolute Gasteiger partial charge is 0.478 e. The molecule has 4 rings (SSSR count). The van der Waals surface area contributed by atoms with Gasteiger partial charge in [-0.05, 0) is 60.7 Å². The van der Waals surface area contributed by atoms with Crippen molar-refractivity contribution in [3.8, 4) is 11.8 Å². The van der Waals surface area contributed by atoms with Gasteiger partial charge in [-0.15, -0.1) is 0 Å². The zero-order valence-corrected chi connectivity index (χ0v) is 18.1. The Morgan fingerprint density at radius 3 is 2.09 bits per heavy atom. The van der Waals surface area contributed by atoms with Gasteiger partial charge in [-0.3, -0.25) is 4.79 Å². The number of hydrogen-bond acceptors (Lipinski definition) is 4. The maximum absolute atomic E-state index is 13.2. The summed E-state index contributed by atoms with van der Waals surface area (Å²) in [6.45, 7) is 0. The molecular formula is C28H21N3O3. The fourth-order valence-electron chi connectivity index (χ4n) is 3.30. The van der Waals surface area contributed by atoms with E-state index in [9.17, 15) is 14.7 Å². The molecule has 6 heteroatoms. The molecule has 4 aromatic carbocycles. The van der Waals surface area contributed by atoms with Gasteiger partial charge in [0.1, 0.15) is 0 Å². The van der Waals surface area contributed by atoms with Crippen LogP contribution in [0.15, 0.2) is 97.1 Å². The van der Waals surface area contributed by atoms with E-state index >= 15 is 0 Å². The molecule has 4 aromatic rings. The van der Waals surface area contributed by atoms with Gasteiger partial charge in [-0.2, -0.15) is 0 Å². The minimum atomic E-state index is -1.18. The SMILES string of the molecule is Nc1ccc(NC(=O)c2ccc(C#Cc3ccccc3)cc2Nc2ccccc2)c(C(=O)O)c1. The van der Waals surface area contributed by atoms with Gasteiger partial charge in [0, 0.05) is 22.5 Å². The first kappa shape index (κ1) is 22.2. The molecular weight excluding hydrogens is 426 g/mol. The van der Waals surface area contributed by atoms with Gasteiger partial charge in [0.15, 0.2) is 0 Å². The number of carbonyl (C=O) groups is 2. The quantitative estimate of drug-likeness (QED) is 0.243. The summed E-state index contributed by atoms with van der Waals surface area (Å²) < 4.78 is 0. The Balaban J connectivity index is 1.69. The van der Waals surface area contributed by atoms with Crippen LogP contribution in [0, 0.1) is 11.8 Å². The van der Waals surface area contributed by atoms with Crippen LogP contribution < -0.4 is 16.4 Å². The van der Waals surface area contributed by atoms with E-state index in [4.69, 9.17) is 5.73 Å². The van der Waals surface area contributed by atoms with Crippen molar-refractivity contribution in [2.24, 2.45) is 0 Å². The van der Waals surface area contributed by atoms with Crippen LogP contribution >= 0.6 is 0 Å². The summed E-state index contributed by atoms with van der Waals surface area (Å²) in [4.78, 5) is 24.8. The molecule has 0 aromatic heterocycles. The zero-order chi connectivity index (χ0) is 23.9. The minimum absolute atomic E-state index is 0.0868. The highest BCUT2D eigenvalue weighted by molar-refractivity contribution is 6.11. The molecule has 5 N–H and O–H groups in total. The van der Waals surface area contributed by atoms with Crippen LogP contribution in [0.1, 0.15) is 31.8 Å². The van der Waals surface area contributed by atoms with Crippen LogP contribution in [0.3, 0.4) is 0 Å². The van der Waals surface area contributed by atoms with Crippen LogP contribution in [-0.2, 0) is 0 Å². The molecule has 0 aliphatic rings. The third-order valence-electron chi connectivity index (χ3n) is 4.96. The van der Waals surface area contributed by atoms with E-state index in [1.165, 1.54) is 18.2 Å². The number of aromatic carboxylic acids is 1. The smallest absolute Gasteiger partial charge is 0.337 e. The Bertz CT molecular complexity index is 1410. The van der Waals surface area contributed by atoms with Crippen LogP contribution in [-0.4, -0.2) is 17.0 Å². The summed E-state index contributed by atoms with van der Waals surface area (Å²) in [5.41, 5.74) is 9.34. The minimum Gasteiger partial charge on any atom is -0.478 e. The fraction of sp³-hybridized carbons (Fsp3) is 0. The highest BCUT2D eigenvalue weighted by Crippen LogP contribution is 2.25. The van der Waals surface area contributed by atoms with Crippen LogP contribution in [0.4, 0.5) is 22.7 Å². The Hall–Kier alpha value is -5.02. The third kappa shape index (κ3) is 5.42. The van der Waals surface area contributed by atoms with Crippen LogP contribution in [0.25, 0.3) is 0 Å². The summed E-state index contributed by atoms with van der Waals surface area (Å²) in [7, 11) is 0. The zero-order valence-electron chi connectivity index (χ0n) is 18.1. The molecule has 0 spiro atoms. The molecule has 0 atom stereocenters. The number of carbonyl (C=O) groups excluding carboxylic acids is 1. The van der Waals surface area contributed by atoms with Crippen LogP contribution in [0.2, 0.25) is 0 Å². The molecule has 0 radical (unpaired) electrons. The van der Waals surface area contributed by atoms with Crippen molar-refractivity contribution in [2.45, 2.75) is 0 Å². The molecule has 6 nitrogen and oxygen atoms in total. The van der Waals surface area contributed by atoms with Gasteiger partial charge < -0.3 is 21.5 Å². The van der Waals surface area contributed by atoms with E-state index in [2.05, 4.69) is 22.5 Å². The number of nitrogen functional groups attached to an aromatic ring is 1. The molecule has 0 fully saturated rings. The Morgan fingerprint density at radius 2 is 1.38 bits per heavy atom. The molecule has 1 amide bonds. The summed E-state index contributed by atoms with van der Waals surface area (Å²) >= 11 is 0. The average Bonchev–Trinajstić information content (AvgIpc) is 2.85. The Morgan fingerprint density at radius 1 is 0.706 bits per heavy atom. The molecule has 0 saturated heterocycles. The molecule has 0 bridgehead atoms. The summed E-state index contributed by atoms with van der Waals surface area (Å²) in [5.74, 6) is 4.58. The first-order chi connectivity index (χ1) is 16.5. The van der Waals surface area contributed by atoms with Gasteiger partial charge in [0.2, 0.25) is 0 Å². The average molecular weight is 447 g/mol. The number of benzene rings is 4. The van der Waals surface area contributed by atoms with Gasteiger partial charge in [-0.1, -0.05) is 48.2 Å². The molecule has 166 valence electrons. The topological polar surface area (TPSA) is 104 Å². The number of para-hydroxylation sites is 1. The maximum Gasteiger partial charge on any atom is 0.337 e. The predicted octanol–water partition coefficient (Wildman–Crippen LogP) is 5.36. The molecule has 34 heavy (non-hydrogen) atoms. The van der Waals surface area contributed by atoms with E-state index in [1.807, 2.05) is 60.7 Å². The Labute approximate surface area is 197 Å². The van der Waals surface area contributed by atoms with Crippen molar-refractivity contribution < 1.29 is 14.7 Å². The third-order valence-corrected chi connectivity index (χ3v) is 4.96. The number of carboxylic acids is 1. The number of amides is 1. The van der Waals surface area contributed by atoms with Crippen molar-refractivity contribution in [1.82, 2.24) is 0 Å². The van der Waals surface area contributed by atoms with Gasteiger partial charge in [0.05, 0.1) is 22.5 Å². The number of rotatable bonds is 5. The highest BCUT2D eigenvalue weighted by Gasteiger charge is 2.17. The standard InChI is InChI=1S/C28H21N3O3/c29-21-14-16-25(24(18-21)28(33)34)31-27(32)23-15-13-20(12-11-19-7-3-1-4-8-19)17-26(23)30-22-9-5-2-6-10-22/h1-10,13-18,30H,29H2,(H,31,32)(H,33,34). The van der Waals surface area contributed by atoms with E-state index in [0.717, 1.165) is 16.8 Å². The lowest BCUT2D eigenvalue weighted by Gasteiger charge is -2.14. The second-order valence-corrected chi connectivity index (χ2v) is 7.43. The highest BCUT2D eigenvalue weighted by atomic mass is 16.4. The molecule has 0 unspecified atom stereocenters. The van der Waals surface area contributed by atoms with Crippen molar-refractivity contribution in [3.63, 3.8) is 0 Å². The fourth-order valence-corrected chi connectivity index (χ4v) is 3.30. The lowest BCUT2D eigenvalue weighted by molar-refractivity contribution is 0.0698. The van der Waals surface area contributed by atoms with E-state index < -0.39 is 11.9 Å². The second-order valence-electron chi connectivity index (χ2n) is 7.43. The van der Waals surface area contributed by atoms with Crippen molar-refractivity contribution in [2.75, 3.05) is 16.4 Å². The molecule has 0 saturated carbocycles. The number of nitrogens with two attached hydrogens (primary N) is 1. The van der Waals surface area contributed by atoms with Gasteiger partial charge >= 0.3 is 5.97 Å². The van der Waals surface area contributed by atoms with Crippen molar-refractivity contribution in [1.29, 1.82) is 0 Å². The van der Waals surface area contributed by atoms with Gasteiger partial charge in [0.25, 0.3) is 5.91 Å². The van der Waals surface area contributed by atoms with Crippen LogP contribution in [0.5, 0.6) is 0 Å².